The average Bonchev–Trinajstić information content (AvgIpc) is 3.40. The molecule has 1 aliphatic carbocycles. The van der Waals surface area contributed by atoms with E-state index in [0.29, 0.717) is 5.92 Å². The molecule has 2 aromatic rings. The molecular formula is C18H20N4O4. The molecular weight excluding hydrogens is 336 g/mol. The van der Waals surface area contributed by atoms with Crippen LogP contribution in [-0.2, 0) is 9.53 Å². The van der Waals surface area contributed by atoms with Gasteiger partial charge in [-0.05, 0) is 38.0 Å². The Labute approximate surface area is 150 Å². The monoisotopic (exact) mass is 356 g/mol. The highest BCUT2D eigenvalue weighted by Gasteiger charge is 2.30. The molecule has 0 spiro atoms. The third kappa shape index (κ3) is 3.90. The van der Waals surface area contributed by atoms with Crippen molar-refractivity contribution in [2.75, 3.05) is 7.05 Å². The number of nitrogens with zero attached hydrogens (tertiary/aromatic N) is 2. The van der Waals surface area contributed by atoms with Crippen LogP contribution in [0.4, 0.5) is 4.79 Å². The van der Waals surface area contributed by atoms with Gasteiger partial charge >= 0.3 is 12.0 Å². The lowest BCUT2D eigenvalue weighted by Gasteiger charge is -2.13. The summed E-state index contributed by atoms with van der Waals surface area (Å²) in [5, 5.41) is 8.87. The number of imide groups is 1. The Hall–Kier alpha value is -3.16. The van der Waals surface area contributed by atoms with Crippen molar-refractivity contribution in [3.05, 3.63) is 47.8 Å². The predicted octanol–water partition coefficient (Wildman–Crippen LogP) is 1.75. The first-order chi connectivity index (χ1) is 12.5. The van der Waals surface area contributed by atoms with Gasteiger partial charge in [0.1, 0.15) is 0 Å². The van der Waals surface area contributed by atoms with Crippen LogP contribution in [0.5, 0.6) is 0 Å². The minimum Gasteiger partial charge on any atom is -0.448 e. The second kappa shape index (κ2) is 7.38. The zero-order valence-corrected chi connectivity index (χ0v) is 14.6. The Bertz CT molecular complexity index is 827. The molecule has 0 bridgehead atoms. The molecule has 2 N–H and O–H groups in total. The van der Waals surface area contributed by atoms with Crippen molar-refractivity contribution in [2.45, 2.75) is 31.8 Å². The van der Waals surface area contributed by atoms with Crippen molar-refractivity contribution in [3.63, 3.8) is 0 Å². The molecule has 1 saturated carbocycles. The van der Waals surface area contributed by atoms with Gasteiger partial charge in [-0.25, -0.2) is 14.3 Å². The first-order valence-electron chi connectivity index (χ1n) is 8.38. The molecule has 1 heterocycles. The molecule has 1 atom stereocenters. The van der Waals surface area contributed by atoms with Crippen LogP contribution in [0.15, 0.2) is 36.4 Å². The van der Waals surface area contributed by atoms with Gasteiger partial charge in [0, 0.05) is 13.0 Å². The minimum atomic E-state index is -1.12. The van der Waals surface area contributed by atoms with E-state index >= 15 is 0 Å². The molecule has 8 nitrogen and oxygen atoms in total. The lowest BCUT2D eigenvalue weighted by Crippen LogP contribution is -2.43. The zero-order chi connectivity index (χ0) is 18.7. The number of aromatic nitrogens is 2. The molecule has 0 saturated heterocycles. The summed E-state index contributed by atoms with van der Waals surface area (Å²) in [6, 6.07) is 10.3. The Morgan fingerprint density at radius 3 is 2.54 bits per heavy atom. The van der Waals surface area contributed by atoms with Gasteiger partial charge in [-0.15, -0.1) is 0 Å². The molecule has 8 heteroatoms. The predicted molar refractivity (Wildman–Crippen MR) is 93.0 cm³/mol. The molecule has 1 aromatic carbocycles. The average molecular weight is 356 g/mol. The second-order valence-electron chi connectivity index (χ2n) is 6.09. The van der Waals surface area contributed by atoms with Gasteiger partial charge in [0.2, 0.25) is 0 Å². The first kappa shape index (κ1) is 17.7. The number of nitrogens with one attached hydrogen (secondary N) is 2. The fourth-order valence-electron chi connectivity index (χ4n) is 2.44. The SMILES string of the molecule is CNC(=O)NC(=O)[C@H](C)OC(=O)c1cc(C2CC2)nn1-c1ccccc1. The normalized spacial score (nSPS) is 14.4. The summed E-state index contributed by atoms with van der Waals surface area (Å²) in [6.07, 6.45) is 0.972. The molecule has 26 heavy (non-hydrogen) atoms. The van der Waals surface area contributed by atoms with E-state index < -0.39 is 24.0 Å². The molecule has 0 radical (unpaired) electrons. The molecule has 3 amide bonds. The van der Waals surface area contributed by atoms with Crippen LogP contribution in [0.2, 0.25) is 0 Å². The highest BCUT2D eigenvalue weighted by molar-refractivity contribution is 5.98. The van der Waals surface area contributed by atoms with Gasteiger partial charge in [-0.1, -0.05) is 18.2 Å². The Morgan fingerprint density at radius 2 is 1.92 bits per heavy atom. The summed E-state index contributed by atoms with van der Waals surface area (Å²) in [5.74, 6) is -1.01. The lowest BCUT2D eigenvalue weighted by molar-refractivity contribution is -0.127. The minimum absolute atomic E-state index is 0.248. The molecule has 0 unspecified atom stereocenters. The molecule has 1 aliphatic rings. The van der Waals surface area contributed by atoms with Crippen LogP contribution in [-0.4, -0.2) is 40.8 Å². The Kier molecular flexibility index (Phi) is 5.01. The molecule has 1 fully saturated rings. The van der Waals surface area contributed by atoms with Crippen LogP contribution in [0.1, 0.15) is 41.9 Å². The fraction of sp³-hybridized carbons (Fsp3) is 0.333. The maximum absolute atomic E-state index is 12.6. The summed E-state index contributed by atoms with van der Waals surface area (Å²) < 4.78 is 6.75. The van der Waals surface area contributed by atoms with E-state index in [2.05, 4.69) is 15.7 Å². The second-order valence-corrected chi connectivity index (χ2v) is 6.09. The van der Waals surface area contributed by atoms with Gasteiger partial charge in [0.15, 0.2) is 11.8 Å². The maximum atomic E-state index is 12.6. The highest BCUT2D eigenvalue weighted by Crippen LogP contribution is 2.39. The van der Waals surface area contributed by atoms with Gasteiger partial charge in [-0.3, -0.25) is 10.1 Å². The number of carbonyl (C=O) groups excluding carboxylic acids is 3. The number of benzene rings is 1. The summed E-state index contributed by atoms with van der Waals surface area (Å²) >= 11 is 0. The number of ether oxygens (including phenoxy) is 1. The Balaban J connectivity index is 1.80. The van der Waals surface area contributed by atoms with Gasteiger partial charge < -0.3 is 10.1 Å². The largest absolute Gasteiger partial charge is 0.448 e. The quantitative estimate of drug-likeness (QED) is 0.795. The zero-order valence-electron chi connectivity index (χ0n) is 14.6. The third-order valence-electron chi connectivity index (χ3n) is 4.05. The van der Waals surface area contributed by atoms with Crippen LogP contribution in [0.3, 0.4) is 0 Å². The molecule has 1 aromatic heterocycles. The van der Waals surface area contributed by atoms with E-state index in [1.165, 1.54) is 18.7 Å². The molecule has 0 aliphatic heterocycles. The van der Waals surface area contributed by atoms with Crippen LogP contribution >= 0.6 is 0 Å². The van der Waals surface area contributed by atoms with Gasteiger partial charge in [0.05, 0.1) is 11.4 Å². The smallest absolute Gasteiger partial charge is 0.357 e. The van der Waals surface area contributed by atoms with E-state index in [1.807, 2.05) is 30.3 Å². The summed E-state index contributed by atoms with van der Waals surface area (Å²) in [6.45, 7) is 1.40. The van der Waals surface area contributed by atoms with Crippen molar-refractivity contribution in [3.8, 4) is 5.69 Å². The van der Waals surface area contributed by atoms with Crippen molar-refractivity contribution >= 4 is 17.9 Å². The van der Waals surface area contributed by atoms with E-state index in [0.717, 1.165) is 24.2 Å². The van der Waals surface area contributed by atoms with E-state index in [1.54, 1.807) is 6.07 Å². The van der Waals surface area contributed by atoms with E-state index in [-0.39, 0.29) is 5.69 Å². The van der Waals surface area contributed by atoms with E-state index in [9.17, 15) is 14.4 Å². The van der Waals surface area contributed by atoms with Gasteiger partial charge in [0.25, 0.3) is 5.91 Å². The van der Waals surface area contributed by atoms with Gasteiger partial charge in [-0.2, -0.15) is 5.10 Å². The first-order valence-corrected chi connectivity index (χ1v) is 8.38. The van der Waals surface area contributed by atoms with E-state index in [4.69, 9.17) is 4.74 Å². The highest BCUT2D eigenvalue weighted by atomic mass is 16.5. The number of carbonyl (C=O) groups is 3. The lowest BCUT2D eigenvalue weighted by atomic mass is 10.2. The number of hydrogen-bond donors (Lipinski definition) is 2. The topological polar surface area (TPSA) is 102 Å². The van der Waals surface area contributed by atoms with Crippen molar-refractivity contribution < 1.29 is 19.1 Å². The number of urea groups is 1. The summed E-state index contributed by atoms with van der Waals surface area (Å²) in [7, 11) is 1.39. The number of para-hydroxylation sites is 1. The van der Waals surface area contributed by atoms with Crippen LogP contribution in [0.25, 0.3) is 5.69 Å². The summed E-state index contributed by atoms with van der Waals surface area (Å²) in [5.41, 5.74) is 1.81. The number of esters is 1. The maximum Gasteiger partial charge on any atom is 0.357 e. The summed E-state index contributed by atoms with van der Waals surface area (Å²) in [4.78, 5) is 35.7. The number of amides is 3. The van der Waals surface area contributed by atoms with Crippen LogP contribution in [0, 0.1) is 0 Å². The molecule has 136 valence electrons. The molecule has 3 rings (SSSR count). The van der Waals surface area contributed by atoms with Crippen LogP contribution < -0.4 is 10.6 Å². The standard InChI is InChI=1S/C18H20N4O4/c1-11(16(23)20-18(25)19-2)26-17(24)15-10-14(12-8-9-12)21-22(15)13-6-4-3-5-7-13/h3-7,10-12H,8-9H2,1-2H3,(H2,19,20,23,25)/t11-/m0/s1. The number of rotatable bonds is 5. The van der Waals surface area contributed by atoms with Crippen molar-refractivity contribution in [1.82, 2.24) is 20.4 Å². The third-order valence-corrected chi connectivity index (χ3v) is 4.05. The Morgan fingerprint density at radius 1 is 1.23 bits per heavy atom. The fourth-order valence-corrected chi connectivity index (χ4v) is 2.44. The van der Waals surface area contributed by atoms with Crippen molar-refractivity contribution in [1.29, 1.82) is 0 Å². The number of hydrogen-bond acceptors (Lipinski definition) is 5. The van der Waals surface area contributed by atoms with Crippen molar-refractivity contribution in [2.24, 2.45) is 0 Å².